The van der Waals surface area contributed by atoms with E-state index in [1.807, 2.05) is 32.2 Å². The SMILES string of the molecule is Cc1ccc(C(NN)c2c(Br)nnn2C)cc1Cl. The highest BCUT2D eigenvalue weighted by atomic mass is 79.9. The number of halogens is 2. The van der Waals surface area contributed by atoms with Crippen LogP contribution in [0.2, 0.25) is 5.02 Å². The van der Waals surface area contributed by atoms with E-state index >= 15 is 0 Å². The fourth-order valence-electron chi connectivity index (χ4n) is 1.77. The van der Waals surface area contributed by atoms with E-state index in [4.69, 9.17) is 17.4 Å². The smallest absolute Gasteiger partial charge is 0.153 e. The van der Waals surface area contributed by atoms with Gasteiger partial charge in [-0.15, -0.1) is 5.10 Å². The van der Waals surface area contributed by atoms with Crippen molar-refractivity contribution in [3.05, 3.63) is 44.6 Å². The highest BCUT2D eigenvalue weighted by molar-refractivity contribution is 9.10. The van der Waals surface area contributed by atoms with E-state index in [1.165, 1.54) is 0 Å². The Labute approximate surface area is 118 Å². The van der Waals surface area contributed by atoms with Gasteiger partial charge in [0.1, 0.15) is 0 Å². The molecule has 0 aliphatic heterocycles. The largest absolute Gasteiger partial charge is 0.271 e. The van der Waals surface area contributed by atoms with Crippen molar-refractivity contribution < 1.29 is 0 Å². The molecule has 2 rings (SSSR count). The van der Waals surface area contributed by atoms with Crippen LogP contribution in [0, 0.1) is 6.92 Å². The van der Waals surface area contributed by atoms with Crippen LogP contribution in [-0.4, -0.2) is 15.0 Å². The first kappa shape index (κ1) is 13.5. The number of aryl methyl sites for hydroxylation is 2. The third-order valence-electron chi connectivity index (χ3n) is 2.80. The third-order valence-corrected chi connectivity index (χ3v) is 3.77. The summed E-state index contributed by atoms with van der Waals surface area (Å²) in [7, 11) is 1.81. The van der Waals surface area contributed by atoms with Gasteiger partial charge in [-0.1, -0.05) is 28.9 Å². The number of aromatic nitrogens is 3. The van der Waals surface area contributed by atoms with Crippen LogP contribution >= 0.6 is 27.5 Å². The van der Waals surface area contributed by atoms with E-state index < -0.39 is 0 Å². The molecule has 1 heterocycles. The lowest BCUT2D eigenvalue weighted by Gasteiger charge is -2.17. The van der Waals surface area contributed by atoms with Gasteiger partial charge in [-0.25, -0.2) is 10.1 Å². The Morgan fingerprint density at radius 3 is 2.72 bits per heavy atom. The van der Waals surface area contributed by atoms with Crippen molar-refractivity contribution in [3.8, 4) is 0 Å². The van der Waals surface area contributed by atoms with Gasteiger partial charge in [0.2, 0.25) is 0 Å². The van der Waals surface area contributed by atoms with Crippen LogP contribution in [0.25, 0.3) is 0 Å². The first-order chi connectivity index (χ1) is 8.54. The van der Waals surface area contributed by atoms with Crippen LogP contribution in [0.15, 0.2) is 22.8 Å². The standard InChI is InChI=1S/C11H13BrClN5/c1-6-3-4-7(5-8(6)13)9(15-14)10-11(12)16-17-18(10)2/h3-5,9,15H,14H2,1-2H3. The Hall–Kier alpha value is -0.950. The van der Waals surface area contributed by atoms with Gasteiger partial charge in [-0.05, 0) is 40.0 Å². The highest BCUT2D eigenvalue weighted by Gasteiger charge is 2.21. The van der Waals surface area contributed by atoms with Crippen molar-refractivity contribution in [2.75, 3.05) is 0 Å². The highest BCUT2D eigenvalue weighted by Crippen LogP contribution is 2.28. The monoisotopic (exact) mass is 329 g/mol. The summed E-state index contributed by atoms with van der Waals surface area (Å²) < 4.78 is 2.33. The van der Waals surface area contributed by atoms with Crippen LogP contribution in [0.5, 0.6) is 0 Å². The lowest BCUT2D eigenvalue weighted by atomic mass is 10.0. The molecular weight excluding hydrogens is 318 g/mol. The second-order valence-electron chi connectivity index (χ2n) is 4.00. The zero-order valence-corrected chi connectivity index (χ0v) is 12.3. The van der Waals surface area contributed by atoms with Crippen LogP contribution in [0.1, 0.15) is 22.9 Å². The molecule has 0 amide bonds. The molecule has 96 valence electrons. The minimum atomic E-state index is -0.225. The summed E-state index contributed by atoms with van der Waals surface area (Å²) in [6, 6.07) is 5.60. The van der Waals surface area contributed by atoms with Crippen LogP contribution < -0.4 is 11.3 Å². The molecule has 18 heavy (non-hydrogen) atoms. The molecule has 2 aromatic rings. The van der Waals surface area contributed by atoms with E-state index in [2.05, 4.69) is 31.7 Å². The van der Waals surface area contributed by atoms with Gasteiger partial charge in [0.25, 0.3) is 0 Å². The van der Waals surface area contributed by atoms with E-state index in [0.717, 1.165) is 16.8 Å². The summed E-state index contributed by atoms with van der Waals surface area (Å²) in [5, 5.41) is 8.60. The number of nitrogens with one attached hydrogen (secondary N) is 1. The summed E-state index contributed by atoms with van der Waals surface area (Å²) in [6.45, 7) is 1.96. The van der Waals surface area contributed by atoms with Gasteiger partial charge in [-0.2, -0.15) is 0 Å². The fraction of sp³-hybridized carbons (Fsp3) is 0.273. The topological polar surface area (TPSA) is 68.8 Å². The van der Waals surface area contributed by atoms with Crippen molar-refractivity contribution in [2.24, 2.45) is 12.9 Å². The fourth-order valence-corrected chi connectivity index (χ4v) is 2.51. The van der Waals surface area contributed by atoms with Gasteiger partial charge >= 0.3 is 0 Å². The Balaban J connectivity index is 2.48. The molecule has 0 aliphatic rings. The normalized spacial score (nSPS) is 12.7. The van der Waals surface area contributed by atoms with Crippen molar-refractivity contribution in [1.82, 2.24) is 20.4 Å². The van der Waals surface area contributed by atoms with Crippen molar-refractivity contribution in [2.45, 2.75) is 13.0 Å². The van der Waals surface area contributed by atoms with Gasteiger partial charge in [0.05, 0.1) is 11.7 Å². The number of rotatable bonds is 3. The predicted molar refractivity (Wildman–Crippen MR) is 74.1 cm³/mol. The average molecular weight is 331 g/mol. The molecule has 0 aliphatic carbocycles. The van der Waals surface area contributed by atoms with Gasteiger partial charge in [0, 0.05) is 12.1 Å². The molecule has 0 saturated heterocycles. The molecular formula is C11H13BrClN5. The van der Waals surface area contributed by atoms with Crippen molar-refractivity contribution in [3.63, 3.8) is 0 Å². The summed E-state index contributed by atoms with van der Waals surface area (Å²) in [4.78, 5) is 0. The van der Waals surface area contributed by atoms with E-state index in [-0.39, 0.29) is 6.04 Å². The summed E-state index contributed by atoms with van der Waals surface area (Å²) in [6.07, 6.45) is 0. The van der Waals surface area contributed by atoms with Crippen LogP contribution in [-0.2, 0) is 7.05 Å². The Kier molecular flexibility index (Phi) is 4.01. The minimum Gasteiger partial charge on any atom is -0.271 e. The van der Waals surface area contributed by atoms with Crippen LogP contribution in [0.3, 0.4) is 0 Å². The number of hydrogen-bond donors (Lipinski definition) is 2. The summed E-state index contributed by atoms with van der Waals surface area (Å²) >= 11 is 9.50. The number of nitrogens with two attached hydrogens (primary N) is 1. The zero-order valence-electron chi connectivity index (χ0n) is 9.98. The molecule has 0 bridgehead atoms. The molecule has 7 heteroatoms. The lowest BCUT2D eigenvalue weighted by molar-refractivity contribution is 0.569. The van der Waals surface area contributed by atoms with Crippen molar-refractivity contribution in [1.29, 1.82) is 0 Å². The third kappa shape index (κ3) is 2.42. The first-order valence-electron chi connectivity index (χ1n) is 5.32. The maximum atomic E-state index is 6.14. The average Bonchev–Trinajstić information content (AvgIpc) is 2.66. The van der Waals surface area contributed by atoms with Crippen LogP contribution in [0.4, 0.5) is 0 Å². The number of hydrogen-bond acceptors (Lipinski definition) is 4. The predicted octanol–water partition coefficient (Wildman–Crippen LogP) is 2.09. The Morgan fingerprint density at radius 1 is 1.50 bits per heavy atom. The molecule has 0 radical (unpaired) electrons. The number of benzene rings is 1. The van der Waals surface area contributed by atoms with Gasteiger partial charge < -0.3 is 0 Å². The van der Waals surface area contributed by atoms with Gasteiger partial charge in [0.15, 0.2) is 4.60 Å². The molecule has 1 aromatic carbocycles. The summed E-state index contributed by atoms with van der Waals surface area (Å²) in [5.74, 6) is 5.64. The summed E-state index contributed by atoms with van der Waals surface area (Å²) in [5.41, 5.74) is 5.59. The quantitative estimate of drug-likeness (QED) is 0.668. The first-order valence-corrected chi connectivity index (χ1v) is 6.49. The van der Waals surface area contributed by atoms with E-state index in [9.17, 15) is 0 Å². The lowest BCUT2D eigenvalue weighted by Crippen LogP contribution is -2.30. The molecule has 1 unspecified atom stereocenters. The molecule has 1 aromatic heterocycles. The molecule has 3 N–H and O–H groups in total. The van der Waals surface area contributed by atoms with E-state index in [1.54, 1.807) is 4.68 Å². The molecule has 0 fully saturated rings. The van der Waals surface area contributed by atoms with E-state index in [0.29, 0.717) is 9.63 Å². The maximum absolute atomic E-state index is 6.14. The molecule has 1 atom stereocenters. The Morgan fingerprint density at radius 2 is 2.22 bits per heavy atom. The maximum Gasteiger partial charge on any atom is 0.153 e. The molecule has 0 saturated carbocycles. The number of nitrogens with zero attached hydrogens (tertiary/aromatic N) is 3. The minimum absolute atomic E-state index is 0.225. The van der Waals surface area contributed by atoms with Crippen molar-refractivity contribution >= 4 is 27.5 Å². The number of hydrazine groups is 1. The second kappa shape index (κ2) is 5.36. The zero-order chi connectivity index (χ0) is 13.3. The Bertz CT molecular complexity index is 549. The second-order valence-corrected chi connectivity index (χ2v) is 5.16. The van der Waals surface area contributed by atoms with Gasteiger partial charge in [-0.3, -0.25) is 5.84 Å². The molecule has 0 spiro atoms. The molecule has 5 nitrogen and oxygen atoms in total.